The van der Waals surface area contributed by atoms with Crippen LogP contribution >= 0.6 is 0 Å². The number of methoxy groups -OCH3 is 2. The van der Waals surface area contributed by atoms with Crippen molar-refractivity contribution >= 4 is 17.3 Å². The van der Waals surface area contributed by atoms with Crippen LogP contribution in [0.1, 0.15) is 21.5 Å². The van der Waals surface area contributed by atoms with Crippen LogP contribution in [0, 0.1) is 0 Å². The minimum atomic E-state index is -0.163. The molecular weight excluding hydrogens is 352 g/mol. The van der Waals surface area contributed by atoms with Crippen LogP contribution in [0.2, 0.25) is 0 Å². The van der Waals surface area contributed by atoms with Crippen LogP contribution in [0.4, 0.5) is 11.4 Å². The van der Waals surface area contributed by atoms with Crippen molar-refractivity contribution < 1.29 is 14.3 Å². The second-order valence-corrected chi connectivity index (χ2v) is 6.70. The zero-order valence-corrected chi connectivity index (χ0v) is 15.9. The Kier molecular flexibility index (Phi) is 4.89. The van der Waals surface area contributed by atoms with Crippen LogP contribution in [0.5, 0.6) is 11.5 Å². The summed E-state index contributed by atoms with van der Waals surface area (Å²) in [5.74, 6) is 1.03. The number of nitrogens with zero attached hydrogens (tertiary/aromatic N) is 1. The molecule has 0 bridgehead atoms. The molecule has 142 valence electrons. The van der Waals surface area contributed by atoms with Gasteiger partial charge < -0.3 is 19.7 Å². The molecule has 0 atom stereocenters. The van der Waals surface area contributed by atoms with Crippen LogP contribution in [-0.2, 0) is 13.1 Å². The molecule has 5 heteroatoms. The fraction of sp³-hybridized carbons (Fsp3) is 0.174. The molecule has 0 fully saturated rings. The first-order valence-corrected chi connectivity index (χ1v) is 9.13. The molecule has 1 heterocycles. The minimum Gasteiger partial charge on any atom is -0.493 e. The van der Waals surface area contributed by atoms with Crippen molar-refractivity contribution in [2.24, 2.45) is 0 Å². The van der Waals surface area contributed by atoms with Gasteiger partial charge in [0.05, 0.1) is 14.2 Å². The van der Waals surface area contributed by atoms with Gasteiger partial charge in [-0.15, -0.1) is 0 Å². The molecule has 0 radical (unpaired) electrons. The summed E-state index contributed by atoms with van der Waals surface area (Å²) in [6.45, 7) is 1.79. The Morgan fingerprint density at radius 1 is 0.857 bits per heavy atom. The quantitative estimate of drug-likeness (QED) is 0.716. The van der Waals surface area contributed by atoms with Gasteiger partial charge in [0.25, 0.3) is 5.91 Å². The summed E-state index contributed by atoms with van der Waals surface area (Å²) in [6.07, 6.45) is 0. The van der Waals surface area contributed by atoms with Crippen molar-refractivity contribution in [2.45, 2.75) is 13.1 Å². The van der Waals surface area contributed by atoms with Gasteiger partial charge in [0.1, 0.15) is 0 Å². The van der Waals surface area contributed by atoms with Crippen molar-refractivity contribution in [1.82, 2.24) is 0 Å². The van der Waals surface area contributed by atoms with Crippen LogP contribution < -0.4 is 19.7 Å². The Hall–Kier alpha value is -3.47. The molecule has 4 rings (SSSR count). The largest absolute Gasteiger partial charge is 0.493 e. The number of carbonyl (C=O) groups is 1. The van der Waals surface area contributed by atoms with E-state index in [1.54, 1.807) is 32.4 Å². The van der Waals surface area contributed by atoms with E-state index in [9.17, 15) is 4.79 Å². The van der Waals surface area contributed by atoms with Crippen molar-refractivity contribution in [3.8, 4) is 11.5 Å². The van der Waals surface area contributed by atoms with Gasteiger partial charge >= 0.3 is 0 Å². The summed E-state index contributed by atoms with van der Waals surface area (Å²) in [4.78, 5) is 14.9. The highest BCUT2D eigenvalue weighted by Crippen LogP contribution is 2.30. The van der Waals surface area contributed by atoms with Crippen LogP contribution in [0.15, 0.2) is 66.7 Å². The van der Waals surface area contributed by atoms with Crippen LogP contribution in [0.3, 0.4) is 0 Å². The number of carbonyl (C=O) groups excluding carboxylic acids is 1. The summed E-state index contributed by atoms with van der Waals surface area (Å²) < 4.78 is 10.5. The summed E-state index contributed by atoms with van der Waals surface area (Å²) in [7, 11) is 3.15. The van der Waals surface area contributed by atoms with E-state index in [1.807, 2.05) is 24.3 Å². The van der Waals surface area contributed by atoms with Gasteiger partial charge in [-0.3, -0.25) is 4.79 Å². The molecule has 0 unspecified atom stereocenters. The number of anilines is 2. The highest BCUT2D eigenvalue weighted by atomic mass is 16.5. The molecule has 0 spiro atoms. The van der Waals surface area contributed by atoms with Gasteiger partial charge in [0.15, 0.2) is 11.5 Å². The van der Waals surface area contributed by atoms with E-state index >= 15 is 0 Å². The number of hydrogen-bond acceptors (Lipinski definition) is 4. The number of ether oxygens (including phenoxy) is 2. The highest BCUT2D eigenvalue weighted by molar-refractivity contribution is 6.04. The highest BCUT2D eigenvalue weighted by Gasteiger charge is 2.18. The molecule has 1 aliphatic rings. The minimum absolute atomic E-state index is 0.163. The van der Waals surface area contributed by atoms with Crippen molar-refractivity contribution in [2.75, 3.05) is 24.4 Å². The second kappa shape index (κ2) is 7.64. The maximum atomic E-state index is 12.6. The van der Waals surface area contributed by atoms with Crippen LogP contribution in [0.25, 0.3) is 0 Å². The molecule has 1 amide bonds. The number of amides is 1. The number of benzene rings is 3. The van der Waals surface area contributed by atoms with Gasteiger partial charge in [-0.25, -0.2) is 0 Å². The van der Waals surface area contributed by atoms with Gasteiger partial charge in [0, 0.05) is 36.1 Å². The first-order chi connectivity index (χ1) is 13.7. The van der Waals surface area contributed by atoms with E-state index in [4.69, 9.17) is 9.47 Å². The van der Waals surface area contributed by atoms with Gasteiger partial charge in [0.2, 0.25) is 0 Å². The normalized spacial score (nSPS) is 12.4. The molecule has 28 heavy (non-hydrogen) atoms. The number of nitrogens with one attached hydrogen (secondary N) is 1. The Morgan fingerprint density at radius 2 is 1.50 bits per heavy atom. The predicted octanol–water partition coefficient (Wildman–Crippen LogP) is 4.48. The predicted molar refractivity (Wildman–Crippen MR) is 110 cm³/mol. The summed E-state index contributed by atoms with van der Waals surface area (Å²) in [5.41, 5.74) is 5.09. The molecule has 1 aliphatic heterocycles. The van der Waals surface area contributed by atoms with Gasteiger partial charge in [-0.1, -0.05) is 24.3 Å². The zero-order valence-electron chi connectivity index (χ0n) is 15.9. The summed E-state index contributed by atoms with van der Waals surface area (Å²) >= 11 is 0. The topological polar surface area (TPSA) is 50.8 Å². The van der Waals surface area contributed by atoms with Gasteiger partial charge in [-0.05, 0) is 47.5 Å². The molecule has 0 saturated carbocycles. The van der Waals surface area contributed by atoms with E-state index in [2.05, 4.69) is 34.5 Å². The molecule has 0 aliphatic carbocycles. The maximum Gasteiger partial charge on any atom is 0.255 e. The lowest BCUT2D eigenvalue weighted by Crippen LogP contribution is -2.15. The van der Waals surface area contributed by atoms with Crippen molar-refractivity contribution in [3.05, 3.63) is 83.4 Å². The number of fused-ring (bicyclic) bond motifs is 1. The third-order valence-electron chi connectivity index (χ3n) is 4.98. The average molecular weight is 374 g/mol. The molecule has 3 aromatic carbocycles. The summed E-state index contributed by atoms with van der Waals surface area (Å²) in [6, 6.07) is 21.5. The molecule has 3 aromatic rings. The molecule has 1 N–H and O–H groups in total. The Balaban J connectivity index is 1.45. The molecule has 0 aromatic heterocycles. The Morgan fingerprint density at radius 3 is 2.11 bits per heavy atom. The van der Waals surface area contributed by atoms with Gasteiger partial charge in [-0.2, -0.15) is 0 Å². The Bertz CT molecular complexity index is 974. The third kappa shape index (κ3) is 3.51. The smallest absolute Gasteiger partial charge is 0.255 e. The molecule has 0 saturated heterocycles. The average Bonchev–Trinajstić information content (AvgIpc) is 3.18. The number of rotatable bonds is 5. The lowest BCUT2D eigenvalue weighted by Gasteiger charge is -2.18. The first kappa shape index (κ1) is 17.9. The number of hydrogen-bond donors (Lipinski definition) is 1. The molecule has 5 nitrogen and oxygen atoms in total. The van der Waals surface area contributed by atoms with E-state index in [-0.39, 0.29) is 5.91 Å². The maximum absolute atomic E-state index is 12.6. The van der Waals surface area contributed by atoms with Crippen LogP contribution in [-0.4, -0.2) is 20.1 Å². The van der Waals surface area contributed by atoms with E-state index in [0.29, 0.717) is 22.7 Å². The summed E-state index contributed by atoms with van der Waals surface area (Å²) in [5, 5.41) is 2.90. The Labute approximate surface area is 164 Å². The second-order valence-electron chi connectivity index (χ2n) is 6.70. The van der Waals surface area contributed by atoms with Crippen molar-refractivity contribution in [1.29, 1.82) is 0 Å². The van der Waals surface area contributed by atoms with E-state index < -0.39 is 0 Å². The lowest BCUT2D eigenvalue weighted by atomic mass is 10.1. The lowest BCUT2D eigenvalue weighted by molar-refractivity contribution is 0.102. The zero-order chi connectivity index (χ0) is 19.5. The van der Waals surface area contributed by atoms with E-state index in [1.165, 1.54) is 11.1 Å². The standard InChI is InChI=1S/C23H22N2O3/c1-27-21-12-9-19(13-22(21)28-2)24-23(26)16-7-10-20(11-8-16)25-14-17-5-3-4-6-18(17)15-25/h3-13H,14-15H2,1-2H3,(H,24,26). The fourth-order valence-electron chi connectivity index (χ4n) is 3.46. The monoisotopic (exact) mass is 374 g/mol. The third-order valence-corrected chi connectivity index (χ3v) is 4.98. The first-order valence-electron chi connectivity index (χ1n) is 9.13. The molecular formula is C23H22N2O3. The fourth-order valence-corrected chi connectivity index (χ4v) is 3.46. The SMILES string of the molecule is COc1ccc(NC(=O)c2ccc(N3Cc4ccccc4C3)cc2)cc1OC. The van der Waals surface area contributed by atoms with E-state index in [0.717, 1.165) is 18.8 Å². The van der Waals surface area contributed by atoms with Crippen molar-refractivity contribution in [3.63, 3.8) is 0 Å².